The molecule has 0 bridgehead atoms. The van der Waals surface area contributed by atoms with Crippen LogP contribution in [0.2, 0.25) is 0 Å². The lowest BCUT2D eigenvalue weighted by molar-refractivity contribution is 0.341. The van der Waals surface area contributed by atoms with Crippen molar-refractivity contribution < 1.29 is 4.74 Å². The Hall–Kier alpha value is -2.35. The van der Waals surface area contributed by atoms with Gasteiger partial charge in [0.2, 0.25) is 0 Å². The van der Waals surface area contributed by atoms with Gasteiger partial charge in [0.05, 0.1) is 12.1 Å². The highest BCUT2D eigenvalue weighted by molar-refractivity contribution is 5.84. The molecule has 2 heteroatoms. The van der Waals surface area contributed by atoms with Crippen LogP contribution in [0.5, 0.6) is 5.75 Å². The third-order valence-electron chi connectivity index (χ3n) is 3.09. The summed E-state index contributed by atoms with van der Waals surface area (Å²) in [6.45, 7) is 2.66. The number of ether oxygens (including phenoxy) is 1. The minimum absolute atomic E-state index is 0.665. The van der Waals surface area contributed by atoms with E-state index in [0.717, 1.165) is 27.8 Å². The van der Waals surface area contributed by atoms with E-state index >= 15 is 0 Å². The van der Waals surface area contributed by atoms with E-state index in [0.29, 0.717) is 6.61 Å². The molecule has 0 fully saturated rings. The summed E-state index contributed by atoms with van der Waals surface area (Å²) in [6, 6.07) is 18.4. The predicted octanol–water partition coefficient (Wildman–Crippen LogP) is 4.30. The van der Waals surface area contributed by atoms with Gasteiger partial charge in [0.25, 0.3) is 0 Å². The molecule has 3 rings (SSSR count). The van der Waals surface area contributed by atoms with Gasteiger partial charge in [-0.3, -0.25) is 4.98 Å². The van der Waals surface area contributed by atoms with Gasteiger partial charge in [-0.05, 0) is 25.1 Å². The minimum atomic E-state index is 0.665. The van der Waals surface area contributed by atoms with Gasteiger partial charge in [-0.15, -0.1) is 0 Å². The van der Waals surface area contributed by atoms with Crippen LogP contribution in [-0.4, -0.2) is 11.6 Å². The molecule has 1 aromatic heterocycles. The van der Waals surface area contributed by atoms with Gasteiger partial charge < -0.3 is 4.74 Å². The zero-order valence-corrected chi connectivity index (χ0v) is 10.8. The van der Waals surface area contributed by atoms with Crippen molar-refractivity contribution in [3.05, 3.63) is 60.8 Å². The highest BCUT2D eigenvalue weighted by Gasteiger charge is 2.06. The first-order valence-corrected chi connectivity index (χ1v) is 6.45. The molecule has 0 saturated carbocycles. The Bertz CT molecular complexity index is 706. The van der Waals surface area contributed by atoms with Crippen LogP contribution in [0.3, 0.4) is 0 Å². The van der Waals surface area contributed by atoms with Gasteiger partial charge in [-0.1, -0.05) is 36.4 Å². The maximum absolute atomic E-state index is 5.68. The number of rotatable bonds is 3. The summed E-state index contributed by atoms with van der Waals surface area (Å²) in [7, 11) is 0. The molecule has 0 unspecified atom stereocenters. The van der Waals surface area contributed by atoms with E-state index in [-0.39, 0.29) is 0 Å². The summed E-state index contributed by atoms with van der Waals surface area (Å²) in [6.07, 6.45) is 1.90. The molecular formula is C17H15NO. The summed E-state index contributed by atoms with van der Waals surface area (Å²) in [4.78, 5) is 4.50. The first kappa shape index (κ1) is 11.7. The smallest absolute Gasteiger partial charge is 0.127 e. The number of aromatic nitrogens is 1. The molecular weight excluding hydrogens is 234 g/mol. The van der Waals surface area contributed by atoms with E-state index in [1.807, 2.05) is 49.5 Å². The molecule has 0 saturated heterocycles. The Labute approximate surface area is 112 Å². The standard InChI is InChI=1S/C17H15NO/c1-2-19-17-10-6-4-8-15(17)14-11-13-7-3-5-9-16(13)18-12-14/h3-12H,2H2,1H3. The largest absolute Gasteiger partial charge is 0.493 e. The summed E-state index contributed by atoms with van der Waals surface area (Å²) in [5, 5.41) is 1.14. The summed E-state index contributed by atoms with van der Waals surface area (Å²) in [5.74, 6) is 0.905. The Balaban J connectivity index is 2.13. The predicted molar refractivity (Wildman–Crippen MR) is 78.3 cm³/mol. The molecule has 0 amide bonds. The molecule has 0 spiro atoms. The van der Waals surface area contributed by atoms with Gasteiger partial charge in [0, 0.05) is 22.7 Å². The number of para-hydroxylation sites is 2. The normalized spacial score (nSPS) is 10.6. The molecule has 2 aromatic carbocycles. The lowest BCUT2D eigenvalue weighted by Crippen LogP contribution is -1.94. The van der Waals surface area contributed by atoms with Crippen LogP contribution in [0, 0.1) is 0 Å². The molecule has 94 valence electrons. The van der Waals surface area contributed by atoms with E-state index in [2.05, 4.69) is 23.2 Å². The lowest BCUT2D eigenvalue weighted by atomic mass is 10.0. The van der Waals surface area contributed by atoms with Crippen LogP contribution in [0.15, 0.2) is 60.8 Å². The van der Waals surface area contributed by atoms with E-state index in [1.54, 1.807) is 0 Å². The van der Waals surface area contributed by atoms with Gasteiger partial charge in [0.1, 0.15) is 5.75 Å². The second kappa shape index (κ2) is 5.11. The van der Waals surface area contributed by atoms with Crippen molar-refractivity contribution in [1.82, 2.24) is 4.98 Å². The van der Waals surface area contributed by atoms with Gasteiger partial charge in [-0.25, -0.2) is 0 Å². The Morgan fingerprint density at radius 2 is 1.79 bits per heavy atom. The maximum atomic E-state index is 5.68. The topological polar surface area (TPSA) is 22.1 Å². The summed E-state index contributed by atoms with van der Waals surface area (Å²) < 4.78 is 5.68. The van der Waals surface area contributed by atoms with E-state index < -0.39 is 0 Å². The molecule has 3 aromatic rings. The third kappa shape index (κ3) is 2.29. The molecule has 2 nitrogen and oxygen atoms in total. The van der Waals surface area contributed by atoms with Crippen molar-refractivity contribution in [3.63, 3.8) is 0 Å². The van der Waals surface area contributed by atoms with Crippen molar-refractivity contribution in [2.45, 2.75) is 6.92 Å². The first-order valence-electron chi connectivity index (χ1n) is 6.45. The fourth-order valence-electron chi connectivity index (χ4n) is 2.20. The number of benzene rings is 2. The molecule has 19 heavy (non-hydrogen) atoms. The molecule has 0 aliphatic carbocycles. The molecule has 1 heterocycles. The zero-order chi connectivity index (χ0) is 13.1. The lowest BCUT2D eigenvalue weighted by Gasteiger charge is -2.10. The summed E-state index contributed by atoms with van der Waals surface area (Å²) >= 11 is 0. The van der Waals surface area contributed by atoms with Crippen LogP contribution >= 0.6 is 0 Å². The average Bonchev–Trinajstić information content (AvgIpc) is 2.48. The second-order valence-corrected chi connectivity index (χ2v) is 4.35. The average molecular weight is 249 g/mol. The zero-order valence-electron chi connectivity index (χ0n) is 10.8. The Kier molecular flexibility index (Phi) is 3.15. The minimum Gasteiger partial charge on any atom is -0.493 e. The number of hydrogen-bond donors (Lipinski definition) is 0. The van der Waals surface area contributed by atoms with Gasteiger partial charge in [-0.2, -0.15) is 0 Å². The highest BCUT2D eigenvalue weighted by Crippen LogP contribution is 2.30. The van der Waals surface area contributed by atoms with Crippen molar-refractivity contribution in [2.75, 3.05) is 6.61 Å². The fraction of sp³-hybridized carbons (Fsp3) is 0.118. The molecule has 0 radical (unpaired) electrons. The Morgan fingerprint density at radius 1 is 1.00 bits per heavy atom. The number of fused-ring (bicyclic) bond motifs is 1. The summed E-state index contributed by atoms with van der Waals surface area (Å²) in [5.41, 5.74) is 3.19. The maximum Gasteiger partial charge on any atom is 0.127 e. The molecule has 0 atom stereocenters. The van der Waals surface area contributed by atoms with E-state index in [4.69, 9.17) is 4.74 Å². The van der Waals surface area contributed by atoms with Crippen LogP contribution in [0.25, 0.3) is 22.0 Å². The van der Waals surface area contributed by atoms with Crippen LogP contribution in [0.4, 0.5) is 0 Å². The molecule has 0 aliphatic rings. The van der Waals surface area contributed by atoms with Gasteiger partial charge in [0.15, 0.2) is 0 Å². The molecule has 0 aliphatic heterocycles. The van der Waals surface area contributed by atoms with Crippen molar-refractivity contribution >= 4 is 10.9 Å². The van der Waals surface area contributed by atoms with Crippen molar-refractivity contribution in [3.8, 4) is 16.9 Å². The molecule has 0 N–H and O–H groups in total. The first-order chi connectivity index (χ1) is 9.38. The third-order valence-corrected chi connectivity index (χ3v) is 3.09. The van der Waals surface area contributed by atoms with Crippen LogP contribution < -0.4 is 4.74 Å². The highest BCUT2D eigenvalue weighted by atomic mass is 16.5. The van der Waals surface area contributed by atoms with E-state index in [1.165, 1.54) is 0 Å². The quantitative estimate of drug-likeness (QED) is 0.690. The SMILES string of the molecule is CCOc1ccccc1-c1cnc2ccccc2c1. The van der Waals surface area contributed by atoms with Gasteiger partial charge >= 0.3 is 0 Å². The second-order valence-electron chi connectivity index (χ2n) is 4.35. The Morgan fingerprint density at radius 3 is 2.68 bits per heavy atom. The van der Waals surface area contributed by atoms with Crippen molar-refractivity contribution in [1.29, 1.82) is 0 Å². The number of hydrogen-bond acceptors (Lipinski definition) is 2. The number of pyridine rings is 1. The van der Waals surface area contributed by atoms with Crippen molar-refractivity contribution in [2.24, 2.45) is 0 Å². The monoisotopic (exact) mass is 249 g/mol. The number of nitrogens with zero attached hydrogens (tertiary/aromatic N) is 1. The fourth-order valence-corrected chi connectivity index (χ4v) is 2.20. The van der Waals surface area contributed by atoms with Crippen LogP contribution in [0.1, 0.15) is 6.92 Å². The van der Waals surface area contributed by atoms with Crippen LogP contribution in [-0.2, 0) is 0 Å². The van der Waals surface area contributed by atoms with E-state index in [9.17, 15) is 0 Å².